The van der Waals surface area contributed by atoms with Crippen LogP contribution in [0, 0.1) is 6.92 Å². The maximum absolute atomic E-state index is 12.4. The number of amides is 4. The molecule has 0 bridgehead atoms. The Hall–Kier alpha value is -3.23. The zero-order valence-corrected chi connectivity index (χ0v) is 30.4. The van der Waals surface area contributed by atoms with E-state index in [9.17, 15) is 34.5 Å². The molecule has 0 saturated carbocycles. The van der Waals surface area contributed by atoms with Crippen LogP contribution in [0.25, 0.3) is 0 Å². The third kappa shape index (κ3) is 15.4. The number of aromatic nitrogens is 2. The molecule has 0 radical (unpaired) electrons. The standard InChI is InChI=1S/C34H58N6O12/c1-23-25(21-40(34(47)38-23)32-31(45)30(44)27(22-41)52-32)7-6-11-35-29(43)10-13-48-15-17-50-19-20-51-18-16-49-14-12-36-28(42)9-5-3-4-8-26-24(2)37-33(46)39-26/h21,24,26-27,30-32,41,44-45H,3-20,22H2,1-2H3,(H,35,43)(H,36,42)(H2,37,39,46)/t24-,26+,27+,30?,31-,32+/m0/s1. The molecule has 7 N–H and O–H groups in total. The monoisotopic (exact) mass is 742 g/mol. The van der Waals surface area contributed by atoms with Gasteiger partial charge in [0, 0.05) is 43.9 Å². The van der Waals surface area contributed by atoms with Crippen molar-refractivity contribution in [2.45, 2.75) is 102 Å². The van der Waals surface area contributed by atoms with E-state index in [1.54, 1.807) is 6.92 Å². The summed E-state index contributed by atoms with van der Waals surface area (Å²) in [6.07, 6.45) is 2.03. The van der Waals surface area contributed by atoms with Crippen molar-refractivity contribution in [2.24, 2.45) is 0 Å². The highest BCUT2D eigenvalue weighted by Crippen LogP contribution is 2.28. The van der Waals surface area contributed by atoms with Gasteiger partial charge in [-0.2, -0.15) is 4.98 Å². The minimum absolute atomic E-state index is 0.00894. The summed E-state index contributed by atoms with van der Waals surface area (Å²) in [5, 5.41) is 41.0. The van der Waals surface area contributed by atoms with Gasteiger partial charge in [0.05, 0.1) is 65.5 Å². The molecule has 0 aromatic carbocycles. The Balaban J connectivity index is 1.07. The fourth-order valence-corrected chi connectivity index (χ4v) is 5.79. The molecule has 296 valence electrons. The average Bonchev–Trinajstić information content (AvgIpc) is 3.59. The van der Waals surface area contributed by atoms with Gasteiger partial charge in [-0.15, -0.1) is 0 Å². The summed E-state index contributed by atoms with van der Waals surface area (Å²) in [5.41, 5.74) is 0.610. The first-order chi connectivity index (χ1) is 25.1. The number of rotatable bonds is 27. The molecule has 3 heterocycles. The Morgan fingerprint density at radius 2 is 1.48 bits per heavy atom. The lowest BCUT2D eigenvalue weighted by Crippen LogP contribution is -2.36. The van der Waals surface area contributed by atoms with Gasteiger partial charge in [-0.3, -0.25) is 14.2 Å². The van der Waals surface area contributed by atoms with Gasteiger partial charge in [0.1, 0.15) is 18.3 Å². The highest BCUT2D eigenvalue weighted by Gasteiger charge is 2.44. The molecule has 2 aliphatic rings. The number of nitrogens with one attached hydrogen (secondary N) is 4. The number of aryl methyl sites for hydroxylation is 2. The molecule has 1 unspecified atom stereocenters. The second-order valence-electron chi connectivity index (χ2n) is 12.9. The van der Waals surface area contributed by atoms with Crippen molar-refractivity contribution in [3.63, 3.8) is 0 Å². The van der Waals surface area contributed by atoms with E-state index in [1.807, 2.05) is 6.92 Å². The summed E-state index contributed by atoms with van der Waals surface area (Å²) >= 11 is 0. The van der Waals surface area contributed by atoms with Crippen molar-refractivity contribution in [3.05, 3.63) is 27.9 Å². The Morgan fingerprint density at radius 3 is 2.12 bits per heavy atom. The first-order valence-corrected chi connectivity index (χ1v) is 18.2. The molecule has 0 spiro atoms. The van der Waals surface area contributed by atoms with Crippen LogP contribution in [0.1, 0.15) is 69.4 Å². The summed E-state index contributed by atoms with van der Waals surface area (Å²) < 4.78 is 28.4. The number of urea groups is 1. The zero-order valence-electron chi connectivity index (χ0n) is 30.4. The second-order valence-corrected chi connectivity index (χ2v) is 12.9. The van der Waals surface area contributed by atoms with Gasteiger partial charge < -0.3 is 60.3 Å². The van der Waals surface area contributed by atoms with Crippen molar-refractivity contribution < 1.29 is 53.4 Å². The molecule has 2 aliphatic heterocycles. The first kappa shape index (κ1) is 43.2. The minimum atomic E-state index is -1.39. The zero-order chi connectivity index (χ0) is 37.7. The number of unbranched alkanes of at least 4 members (excludes halogenated alkanes) is 2. The van der Waals surface area contributed by atoms with E-state index in [0.29, 0.717) is 84.3 Å². The van der Waals surface area contributed by atoms with E-state index in [4.69, 9.17) is 23.7 Å². The van der Waals surface area contributed by atoms with E-state index in [-0.39, 0.29) is 43.0 Å². The van der Waals surface area contributed by atoms with Gasteiger partial charge in [-0.25, -0.2) is 9.59 Å². The fourth-order valence-electron chi connectivity index (χ4n) is 5.79. The predicted molar refractivity (Wildman–Crippen MR) is 186 cm³/mol. The smallest absolute Gasteiger partial charge is 0.349 e. The molecule has 2 fully saturated rings. The quantitative estimate of drug-likeness (QED) is 0.0525. The topological polar surface area (TPSA) is 241 Å². The number of aliphatic hydroxyl groups excluding tert-OH is 3. The third-order valence-corrected chi connectivity index (χ3v) is 8.84. The summed E-state index contributed by atoms with van der Waals surface area (Å²) in [5.74, 6) is -0.146. The Labute approximate surface area is 304 Å². The molecule has 3 rings (SSSR count). The number of aliphatic hydroxyl groups is 3. The van der Waals surface area contributed by atoms with Crippen LogP contribution in [0.3, 0.4) is 0 Å². The lowest BCUT2D eigenvalue weighted by Gasteiger charge is -2.19. The van der Waals surface area contributed by atoms with Gasteiger partial charge in [-0.05, 0) is 45.1 Å². The lowest BCUT2D eigenvalue weighted by molar-refractivity contribution is -0.122. The molecule has 18 nitrogen and oxygen atoms in total. The van der Waals surface area contributed by atoms with Crippen molar-refractivity contribution in [3.8, 4) is 0 Å². The van der Waals surface area contributed by atoms with Gasteiger partial charge in [0.15, 0.2) is 6.23 Å². The maximum atomic E-state index is 12.4. The third-order valence-electron chi connectivity index (χ3n) is 8.84. The van der Waals surface area contributed by atoms with E-state index >= 15 is 0 Å². The van der Waals surface area contributed by atoms with Crippen molar-refractivity contribution >= 4 is 17.8 Å². The van der Waals surface area contributed by atoms with E-state index in [1.165, 1.54) is 6.20 Å². The van der Waals surface area contributed by atoms with Crippen LogP contribution in [0.4, 0.5) is 4.79 Å². The van der Waals surface area contributed by atoms with E-state index in [0.717, 1.165) is 35.8 Å². The number of ether oxygens (including phenoxy) is 5. The highest BCUT2D eigenvalue weighted by molar-refractivity contribution is 5.77. The number of hydrogen-bond donors (Lipinski definition) is 7. The van der Waals surface area contributed by atoms with Gasteiger partial charge in [0.25, 0.3) is 0 Å². The summed E-state index contributed by atoms with van der Waals surface area (Å²) in [6.45, 7) is 7.04. The molecular weight excluding hydrogens is 684 g/mol. The normalized spacial score (nSPS) is 22.7. The first-order valence-electron chi connectivity index (χ1n) is 18.2. The molecule has 1 aromatic rings. The van der Waals surface area contributed by atoms with Crippen LogP contribution in [-0.2, 0) is 39.7 Å². The molecule has 6 atom stereocenters. The van der Waals surface area contributed by atoms with Crippen LogP contribution >= 0.6 is 0 Å². The highest BCUT2D eigenvalue weighted by atomic mass is 16.6. The summed E-state index contributed by atoms with van der Waals surface area (Å²) in [6, 6.07) is 0.193. The van der Waals surface area contributed by atoms with Crippen LogP contribution in [0.15, 0.2) is 11.0 Å². The second kappa shape index (κ2) is 24.2. The minimum Gasteiger partial charge on any atom is -0.394 e. The largest absolute Gasteiger partial charge is 0.394 e. The SMILES string of the molecule is Cc1nc(=O)n([C@@H]2O[C@H](CO)C(O)[C@@H]2O)cc1CCCNC(=O)CCOCCOCCOCCOCCNC(=O)CCCCC[C@H]1NC(=O)N[C@H]1C. The predicted octanol–water partition coefficient (Wildman–Crippen LogP) is -1.19. The van der Waals surface area contributed by atoms with Crippen LogP contribution < -0.4 is 27.0 Å². The van der Waals surface area contributed by atoms with Crippen molar-refractivity contribution in [2.75, 3.05) is 72.6 Å². The summed E-state index contributed by atoms with van der Waals surface area (Å²) in [7, 11) is 0. The fraction of sp³-hybridized carbons (Fsp3) is 0.794. The van der Waals surface area contributed by atoms with Gasteiger partial charge >= 0.3 is 11.7 Å². The van der Waals surface area contributed by atoms with E-state index in [2.05, 4.69) is 26.3 Å². The van der Waals surface area contributed by atoms with Crippen molar-refractivity contribution in [1.29, 1.82) is 0 Å². The van der Waals surface area contributed by atoms with E-state index < -0.39 is 36.8 Å². The number of carbonyl (C=O) groups is 3. The van der Waals surface area contributed by atoms with Crippen LogP contribution in [-0.4, -0.2) is 146 Å². The average molecular weight is 743 g/mol. The lowest BCUT2D eigenvalue weighted by atomic mass is 10.0. The van der Waals surface area contributed by atoms with Gasteiger partial charge in [0.2, 0.25) is 11.8 Å². The Kier molecular flexibility index (Phi) is 20.1. The Bertz CT molecular complexity index is 1290. The molecule has 1 aromatic heterocycles. The molecule has 0 aliphatic carbocycles. The molecule has 18 heteroatoms. The number of nitrogens with zero attached hydrogens (tertiary/aromatic N) is 2. The van der Waals surface area contributed by atoms with Crippen LogP contribution in [0.2, 0.25) is 0 Å². The molecule has 4 amide bonds. The van der Waals surface area contributed by atoms with Crippen molar-refractivity contribution in [1.82, 2.24) is 30.8 Å². The molecular formula is C34H58N6O12. The van der Waals surface area contributed by atoms with Gasteiger partial charge in [-0.1, -0.05) is 12.8 Å². The van der Waals surface area contributed by atoms with Crippen LogP contribution in [0.5, 0.6) is 0 Å². The number of carbonyl (C=O) groups excluding carboxylic acids is 3. The summed E-state index contributed by atoms with van der Waals surface area (Å²) in [4.78, 5) is 51.8. The molecule has 2 saturated heterocycles. The maximum Gasteiger partial charge on any atom is 0.349 e. The molecule has 52 heavy (non-hydrogen) atoms. The number of hydrogen-bond acceptors (Lipinski definition) is 13. The Morgan fingerprint density at radius 1 is 0.846 bits per heavy atom.